The van der Waals surface area contributed by atoms with Crippen LogP contribution in [0.1, 0.15) is 7.43 Å². The van der Waals surface area contributed by atoms with Crippen molar-refractivity contribution in [3.63, 3.8) is 0 Å². The first-order chi connectivity index (χ1) is 18.4. The maximum absolute atomic E-state index is 7.50. The Balaban J connectivity index is -0.000000258. The molecule has 5 aromatic carbocycles. The molecule has 5 aromatic rings. The molecule has 5 rings (SSSR count). The molecule has 0 aliphatic heterocycles. The molecule has 5 radical (unpaired) electrons. The van der Waals surface area contributed by atoms with Gasteiger partial charge in [-0.15, -0.1) is 0 Å². The average molecular weight is 697 g/mol. The first-order valence-electron chi connectivity index (χ1n) is 11.1. The third kappa shape index (κ3) is 20.0. The van der Waals surface area contributed by atoms with E-state index in [-0.39, 0.29) is 48.1 Å². The molecular formula is C34H32CoO3PSn+. The van der Waals surface area contributed by atoms with E-state index in [1.54, 1.807) is 0 Å². The topological polar surface area (TPSA) is 59.7 Å². The SMILES string of the molecule is C.[C-]#[O+].[C-]#[O+].[C-]#[O+].[Co].[Sn].c1ccc([PH+](c2ccccc2)c2ccccc2)cc1.c1ccccc1.c1ccccc1. The summed E-state index contributed by atoms with van der Waals surface area (Å²) < 4.78 is 22.5. The van der Waals surface area contributed by atoms with E-state index in [4.69, 9.17) is 14.0 Å². The minimum Gasteiger partial charge on any atom is -0.0623 e. The van der Waals surface area contributed by atoms with Gasteiger partial charge in [-0.1, -0.05) is 135 Å². The monoisotopic (exact) mass is 698 g/mol. The van der Waals surface area contributed by atoms with Crippen LogP contribution in [0.15, 0.2) is 164 Å². The van der Waals surface area contributed by atoms with Gasteiger partial charge in [0.1, 0.15) is 15.9 Å². The molecule has 0 unspecified atom stereocenters. The summed E-state index contributed by atoms with van der Waals surface area (Å²) in [6, 6.07) is 56.5. The zero-order valence-corrected chi connectivity index (χ0v) is 26.0. The van der Waals surface area contributed by atoms with Crippen molar-refractivity contribution >= 4 is 47.7 Å². The molecule has 0 saturated heterocycles. The molecule has 203 valence electrons. The van der Waals surface area contributed by atoms with Crippen LogP contribution in [0.5, 0.6) is 0 Å². The minimum absolute atomic E-state index is 0. The molecule has 0 bridgehead atoms. The zero-order chi connectivity index (χ0) is 27.4. The van der Waals surface area contributed by atoms with Gasteiger partial charge in [-0.05, 0) is 36.4 Å². The molecule has 6 heteroatoms. The van der Waals surface area contributed by atoms with E-state index in [0.29, 0.717) is 0 Å². The molecule has 0 aliphatic rings. The van der Waals surface area contributed by atoms with Crippen LogP contribution in [0, 0.1) is 20.0 Å². The largest absolute Gasteiger partial charge is 0.102 e. The van der Waals surface area contributed by atoms with Crippen LogP contribution in [0.2, 0.25) is 0 Å². The Bertz CT molecular complexity index is 1010. The van der Waals surface area contributed by atoms with Gasteiger partial charge >= 0.3 is 33.9 Å². The Kier molecular flexibility index (Phi) is 37.6. The second-order valence-electron chi connectivity index (χ2n) is 6.78. The molecule has 3 nitrogen and oxygen atoms in total. The number of hydrogen-bond acceptors (Lipinski definition) is 0. The smallest absolute Gasteiger partial charge is 0.0623 e. The molecule has 0 fully saturated rings. The maximum atomic E-state index is 7.50. The fourth-order valence-corrected chi connectivity index (χ4v) is 5.66. The molecule has 0 aromatic heterocycles. The van der Waals surface area contributed by atoms with E-state index in [1.807, 2.05) is 72.8 Å². The first kappa shape index (κ1) is 44.1. The Hall–Kier alpha value is -2.94. The van der Waals surface area contributed by atoms with Crippen molar-refractivity contribution in [2.45, 2.75) is 7.43 Å². The number of benzene rings is 5. The van der Waals surface area contributed by atoms with E-state index in [2.05, 4.69) is 111 Å². The second-order valence-corrected chi connectivity index (χ2v) is 9.26. The van der Waals surface area contributed by atoms with E-state index in [1.165, 1.54) is 15.9 Å². The summed E-state index contributed by atoms with van der Waals surface area (Å²) in [4.78, 5) is 0. The number of hydrogen-bond donors (Lipinski definition) is 0. The zero-order valence-electron chi connectivity index (χ0n) is 21.1. The Morgan fingerprint density at radius 1 is 0.325 bits per heavy atom. The Morgan fingerprint density at radius 2 is 0.450 bits per heavy atom. The first-order valence-corrected chi connectivity index (χ1v) is 12.6. The van der Waals surface area contributed by atoms with Crippen molar-refractivity contribution in [1.82, 2.24) is 0 Å². The summed E-state index contributed by atoms with van der Waals surface area (Å²) in [5.74, 6) is 0. The third-order valence-corrected chi connectivity index (χ3v) is 7.25. The second kappa shape index (κ2) is 34.1. The van der Waals surface area contributed by atoms with Gasteiger partial charge in [-0.3, -0.25) is 0 Å². The van der Waals surface area contributed by atoms with Gasteiger partial charge in [0, 0.05) is 40.7 Å². The van der Waals surface area contributed by atoms with Gasteiger partial charge in [0.2, 0.25) is 0 Å². The van der Waals surface area contributed by atoms with Crippen LogP contribution in [0.3, 0.4) is 0 Å². The summed E-state index contributed by atoms with van der Waals surface area (Å²) in [5, 5.41) is 4.31. The van der Waals surface area contributed by atoms with E-state index in [0.717, 1.165) is 0 Å². The quantitative estimate of drug-likeness (QED) is 0.0874. The fraction of sp³-hybridized carbons (Fsp3) is 0.0294. The number of rotatable bonds is 3. The summed E-state index contributed by atoms with van der Waals surface area (Å²) in [6.45, 7) is 13.5. The van der Waals surface area contributed by atoms with Gasteiger partial charge < -0.3 is 0 Å². The molecule has 0 heterocycles. The van der Waals surface area contributed by atoms with Crippen molar-refractivity contribution in [3.8, 4) is 0 Å². The van der Waals surface area contributed by atoms with Gasteiger partial charge in [0.15, 0.2) is 0 Å². The molecule has 0 saturated carbocycles. The van der Waals surface area contributed by atoms with Crippen LogP contribution in [-0.2, 0) is 30.7 Å². The predicted molar refractivity (Wildman–Crippen MR) is 164 cm³/mol. The third-order valence-electron chi connectivity index (χ3n) is 4.52. The molecule has 0 aliphatic carbocycles. The van der Waals surface area contributed by atoms with Crippen LogP contribution < -0.4 is 15.9 Å². The summed E-state index contributed by atoms with van der Waals surface area (Å²) in [5.41, 5.74) is 0. The Labute approximate surface area is 268 Å². The molecular weight excluding hydrogens is 665 g/mol. The maximum Gasteiger partial charge on any atom is 0.102 e. The van der Waals surface area contributed by atoms with E-state index >= 15 is 0 Å². The van der Waals surface area contributed by atoms with Crippen molar-refractivity contribution in [3.05, 3.63) is 184 Å². The average Bonchev–Trinajstić information content (AvgIpc) is 3.04. The molecule has 0 amide bonds. The molecule has 40 heavy (non-hydrogen) atoms. The molecule has 0 N–H and O–H groups in total. The van der Waals surface area contributed by atoms with Crippen LogP contribution >= 0.6 is 7.92 Å². The van der Waals surface area contributed by atoms with Crippen molar-refractivity contribution in [2.24, 2.45) is 0 Å². The van der Waals surface area contributed by atoms with Gasteiger partial charge in [0.05, 0.1) is 7.92 Å². The molecule has 0 atom stereocenters. The minimum atomic E-state index is -0.877. The molecule has 0 spiro atoms. The van der Waals surface area contributed by atoms with Crippen LogP contribution in [-0.4, -0.2) is 23.9 Å². The Morgan fingerprint density at radius 3 is 0.600 bits per heavy atom. The van der Waals surface area contributed by atoms with Gasteiger partial charge in [-0.25, -0.2) is 0 Å². The normalized spacial score (nSPS) is 7.58. The summed E-state index contributed by atoms with van der Waals surface area (Å²) in [7, 11) is -0.877. The van der Waals surface area contributed by atoms with Crippen molar-refractivity contribution < 1.29 is 30.7 Å². The van der Waals surface area contributed by atoms with Crippen molar-refractivity contribution in [2.75, 3.05) is 0 Å². The standard InChI is InChI=1S/C18H15P.2C6H6.3CO.CH4.Co.Sn/c1-4-10-16(11-5-1)19(17-12-6-2-7-13-17)18-14-8-3-9-15-18;2*1-2-4-6-5-3-1;3*1-2;;;/h1-15H;2*1-6H;;;;1H4;;/p+1. The summed E-state index contributed by atoms with van der Waals surface area (Å²) >= 11 is 0. The van der Waals surface area contributed by atoms with E-state index in [9.17, 15) is 0 Å². The summed E-state index contributed by atoms with van der Waals surface area (Å²) in [6.07, 6.45) is 0. The fourth-order valence-electron chi connectivity index (χ4n) is 3.08. The van der Waals surface area contributed by atoms with Crippen molar-refractivity contribution in [1.29, 1.82) is 0 Å². The van der Waals surface area contributed by atoms with Gasteiger partial charge in [-0.2, -0.15) is 0 Å². The predicted octanol–water partition coefficient (Wildman–Crippen LogP) is 6.69. The van der Waals surface area contributed by atoms with E-state index < -0.39 is 7.92 Å². The van der Waals surface area contributed by atoms with Gasteiger partial charge in [0.25, 0.3) is 0 Å². The van der Waals surface area contributed by atoms with Crippen LogP contribution in [0.4, 0.5) is 0 Å². The van der Waals surface area contributed by atoms with Crippen LogP contribution in [0.25, 0.3) is 0 Å².